The summed E-state index contributed by atoms with van der Waals surface area (Å²) >= 11 is 7.05. The zero-order valence-electron chi connectivity index (χ0n) is 9.25. The van der Waals surface area contributed by atoms with Crippen molar-refractivity contribution in [3.63, 3.8) is 0 Å². The molecule has 0 aliphatic heterocycles. The van der Waals surface area contributed by atoms with E-state index in [1.165, 1.54) is 6.07 Å². The minimum Gasteiger partial charge on any atom is -0.207 e. The number of alkyl halides is 1. The summed E-state index contributed by atoms with van der Waals surface area (Å²) in [6, 6.07) is 13.3. The maximum absolute atomic E-state index is 13.2. The van der Waals surface area contributed by atoms with Crippen LogP contribution in [0.4, 0.5) is 4.39 Å². The molecule has 0 radical (unpaired) electrons. The Balaban J connectivity index is 2.33. The molecule has 0 nitrogen and oxygen atoms in total. The van der Waals surface area contributed by atoms with Crippen LogP contribution in [0.2, 0.25) is 0 Å². The van der Waals surface area contributed by atoms with E-state index in [0.29, 0.717) is 5.56 Å². The predicted molar refractivity (Wildman–Crippen MR) is 76.0 cm³/mol. The van der Waals surface area contributed by atoms with Crippen molar-refractivity contribution in [3.05, 3.63) is 69.4 Å². The molecule has 2 rings (SSSR count). The van der Waals surface area contributed by atoms with Crippen molar-refractivity contribution in [1.82, 2.24) is 0 Å². The normalized spacial score (nSPS) is 12.5. The number of halogens is 3. The standard InChI is InChI=1S/C14H11Br2F/c1-9-8-11(4-7-13(9)17)14(16)10-2-5-12(15)6-3-10/h2-8,14H,1H3. The lowest BCUT2D eigenvalue weighted by molar-refractivity contribution is 0.618. The van der Waals surface area contributed by atoms with Crippen LogP contribution in [0.3, 0.4) is 0 Å². The monoisotopic (exact) mass is 356 g/mol. The molecule has 0 aromatic heterocycles. The fourth-order valence-corrected chi connectivity index (χ4v) is 2.50. The Bertz CT molecular complexity index is 520. The summed E-state index contributed by atoms with van der Waals surface area (Å²) in [6.45, 7) is 1.78. The van der Waals surface area contributed by atoms with Gasteiger partial charge in [0.25, 0.3) is 0 Å². The molecule has 1 unspecified atom stereocenters. The first kappa shape index (κ1) is 12.8. The Labute approximate surface area is 117 Å². The first-order chi connectivity index (χ1) is 8.08. The molecule has 1 atom stereocenters. The Morgan fingerprint density at radius 1 is 1.00 bits per heavy atom. The average molecular weight is 358 g/mol. The van der Waals surface area contributed by atoms with Crippen LogP contribution in [-0.2, 0) is 0 Å². The van der Waals surface area contributed by atoms with Crippen molar-refractivity contribution in [2.24, 2.45) is 0 Å². The third-order valence-corrected chi connectivity index (χ3v) is 4.22. The Kier molecular flexibility index (Phi) is 4.00. The van der Waals surface area contributed by atoms with E-state index in [4.69, 9.17) is 0 Å². The van der Waals surface area contributed by atoms with Crippen LogP contribution in [-0.4, -0.2) is 0 Å². The fourth-order valence-electron chi connectivity index (χ4n) is 1.65. The second kappa shape index (κ2) is 5.32. The SMILES string of the molecule is Cc1cc(C(Br)c2ccc(Br)cc2)ccc1F. The number of aryl methyl sites for hydroxylation is 1. The molecule has 0 amide bonds. The van der Waals surface area contributed by atoms with Gasteiger partial charge in [-0.15, -0.1) is 0 Å². The lowest BCUT2D eigenvalue weighted by Gasteiger charge is -2.12. The van der Waals surface area contributed by atoms with Gasteiger partial charge >= 0.3 is 0 Å². The van der Waals surface area contributed by atoms with E-state index in [9.17, 15) is 4.39 Å². The summed E-state index contributed by atoms with van der Waals surface area (Å²) in [5.41, 5.74) is 2.88. The highest BCUT2D eigenvalue weighted by atomic mass is 79.9. The predicted octanol–water partition coefficient (Wildman–Crippen LogP) is 5.38. The number of benzene rings is 2. The maximum Gasteiger partial charge on any atom is 0.126 e. The van der Waals surface area contributed by atoms with Crippen molar-refractivity contribution in [3.8, 4) is 0 Å². The molecule has 0 aliphatic carbocycles. The molecule has 88 valence electrons. The van der Waals surface area contributed by atoms with E-state index in [1.54, 1.807) is 6.92 Å². The van der Waals surface area contributed by atoms with Crippen molar-refractivity contribution in [2.75, 3.05) is 0 Å². The van der Waals surface area contributed by atoms with Gasteiger partial charge in [0.2, 0.25) is 0 Å². The van der Waals surface area contributed by atoms with E-state index in [2.05, 4.69) is 31.9 Å². The van der Waals surface area contributed by atoms with Gasteiger partial charge in [0, 0.05) is 4.47 Å². The van der Waals surface area contributed by atoms with Crippen LogP contribution in [0.5, 0.6) is 0 Å². The zero-order chi connectivity index (χ0) is 12.4. The minimum atomic E-state index is -0.163. The van der Waals surface area contributed by atoms with Gasteiger partial charge in [0.05, 0.1) is 4.83 Å². The summed E-state index contributed by atoms with van der Waals surface area (Å²) in [5.74, 6) is -0.163. The Hall–Kier alpha value is -0.670. The molecular formula is C14H11Br2F. The highest BCUT2D eigenvalue weighted by Crippen LogP contribution is 2.32. The number of hydrogen-bond acceptors (Lipinski definition) is 0. The molecule has 0 saturated carbocycles. The smallest absolute Gasteiger partial charge is 0.126 e. The summed E-state index contributed by atoms with van der Waals surface area (Å²) in [6.07, 6.45) is 0. The van der Waals surface area contributed by atoms with E-state index >= 15 is 0 Å². The first-order valence-electron chi connectivity index (χ1n) is 5.23. The third kappa shape index (κ3) is 2.96. The number of rotatable bonds is 2. The lowest BCUT2D eigenvalue weighted by Crippen LogP contribution is -1.94. The van der Waals surface area contributed by atoms with Crippen molar-refractivity contribution < 1.29 is 4.39 Å². The molecule has 2 aromatic rings. The molecule has 0 bridgehead atoms. The van der Waals surface area contributed by atoms with Gasteiger partial charge < -0.3 is 0 Å². The second-order valence-corrected chi connectivity index (χ2v) is 5.75. The summed E-state index contributed by atoms with van der Waals surface area (Å²) < 4.78 is 14.2. The van der Waals surface area contributed by atoms with Crippen LogP contribution < -0.4 is 0 Å². The maximum atomic E-state index is 13.2. The van der Waals surface area contributed by atoms with Gasteiger partial charge in [-0.05, 0) is 41.8 Å². The molecule has 0 heterocycles. The van der Waals surface area contributed by atoms with Crippen molar-refractivity contribution in [1.29, 1.82) is 0 Å². The third-order valence-electron chi connectivity index (χ3n) is 2.64. The highest BCUT2D eigenvalue weighted by Gasteiger charge is 2.11. The van der Waals surface area contributed by atoms with Gasteiger partial charge in [0.1, 0.15) is 5.82 Å². The van der Waals surface area contributed by atoms with Crippen molar-refractivity contribution in [2.45, 2.75) is 11.8 Å². The summed E-state index contributed by atoms with van der Waals surface area (Å²) in [5, 5.41) is 0. The van der Waals surface area contributed by atoms with Gasteiger partial charge in [-0.1, -0.05) is 56.1 Å². The van der Waals surface area contributed by atoms with E-state index in [-0.39, 0.29) is 10.6 Å². The first-order valence-corrected chi connectivity index (χ1v) is 6.94. The van der Waals surface area contributed by atoms with Gasteiger partial charge in [-0.25, -0.2) is 4.39 Å². The highest BCUT2D eigenvalue weighted by molar-refractivity contribution is 9.10. The largest absolute Gasteiger partial charge is 0.207 e. The average Bonchev–Trinajstić information content (AvgIpc) is 2.33. The molecule has 0 fully saturated rings. The zero-order valence-corrected chi connectivity index (χ0v) is 12.4. The van der Waals surface area contributed by atoms with Crippen LogP contribution in [0.25, 0.3) is 0 Å². The Morgan fingerprint density at radius 3 is 2.18 bits per heavy atom. The molecule has 0 saturated heterocycles. The molecular weight excluding hydrogens is 347 g/mol. The lowest BCUT2D eigenvalue weighted by atomic mass is 10.0. The molecule has 0 spiro atoms. The molecule has 2 aromatic carbocycles. The van der Waals surface area contributed by atoms with Crippen LogP contribution in [0.1, 0.15) is 21.5 Å². The molecule has 0 aliphatic rings. The second-order valence-electron chi connectivity index (χ2n) is 3.92. The fraction of sp³-hybridized carbons (Fsp3) is 0.143. The number of hydrogen-bond donors (Lipinski definition) is 0. The summed E-state index contributed by atoms with van der Waals surface area (Å²) in [7, 11) is 0. The van der Waals surface area contributed by atoms with E-state index in [0.717, 1.165) is 15.6 Å². The Morgan fingerprint density at radius 2 is 1.59 bits per heavy atom. The van der Waals surface area contributed by atoms with E-state index < -0.39 is 0 Å². The van der Waals surface area contributed by atoms with Crippen LogP contribution in [0, 0.1) is 12.7 Å². The van der Waals surface area contributed by atoms with Gasteiger partial charge in [-0.3, -0.25) is 0 Å². The molecule has 0 N–H and O–H groups in total. The van der Waals surface area contributed by atoms with Crippen LogP contribution >= 0.6 is 31.9 Å². The minimum absolute atomic E-state index is 0.0925. The van der Waals surface area contributed by atoms with E-state index in [1.807, 2.05) is 36.4 Å². The molecule has 3 heteroatoms. The van der Waals surface area contributed by atoms with Crippen molar-refractivity contribution >= 4 is 31.9 Å². The topological polar surface area (TPSA) is 0 Å². The molecule has 17 heavy (non-hydrogen) atoms. The quantitative estimate of drug-likeness (QED) is 0.633. The van der Waals surface area contributed by atoms with Crippen LogP contribution in [0.15, 0.2) is 46.9 Å². The van der Waals surface area contributed by atoms with Gasteiger partial charge in [-0.2, -0.15) is 0 Å². The summed E-state index contributed by atoms with van der Waals surface area (Å²) in [4.78, 5) is 0.0925. The van der Waals surface area contributed by atoms with Gasteiger partial charge in [0.15, 0.2) is 0 Å².